The minimum Gasteiger partial charge on any atom is -0.463 e. The number of hydrogen-bond donors (Lipinski definition) is 0. The minimum absolute atomic E-state index is 0.0395. The Morgan fingerprint density at radius 1 is 1.07 bits per heavy atom. The third-order valence-corrected chi connectivity index (χ3v) is 9.78. The molecule has 30 heavy (non-hydrogen) atoms. The summed E-state index contributed by atoms with van der Waals surface area (Å²) in [4.78, 5) is 23.7. The average Bonchev–Trinajstić information content (AvgIpc) is 3.16. The molecule has 1 aromatic rings. The largest absolute Gasteiger partial charge is 0.463 e. The number of esters is 1. The van der Waals surface area contributed by atoms with Crippen LogP contribution in [0.15, 0.2) is 0 Å². The van der Waals surface area contributed by atoms with E-state index in [1.807, 2.05) is 0 Å². The van der Waals surface area contributed by atoms with Gasteiger partial charge in [-0.25, -0.2) is 4.68 Å². The van der Waals surface area contributed by atoms with Gasteiger partial charge in [0.15, 0.2) is 0 Å². The van der Waals surface area contributed by atoms with Crippen LogP contribution in [-0.4, -0.2) is 27.8 Å². The molecule has 0 unspecified atom stereocenters. The molecule has 1 aromatic heterocycles. The van der Waals surface area contributed by atoms with Gasteiger partial charge in [-0.15, -0.1) is 0 Å². The molecule has 5 rings (SSSR count). The number of fused-ring (bicyclic) bond motifs is 7. The van der Waals surface area contributed by atoms with Gasteiger partial charge in [0.25, 0.3) is 0 Å². The molecule has 1 heterocycles. The third kappa shape index (κ3) is 2.69. The summed E-state index contributed by atoms with van der Waals surface area (Å²) in [7, 11) is 0. The standard InChI is InChI=1S/C25H36N2O3/c1-14-23-22(27(26-14)15(2)28)13-21-19-7-6-17-12-18(30-16(3)29)8-10-24(17,4)20(19)9-11-25(21,23)5/h17-21H,6-13H2,1-5H3/t17-,18+,19+,20+,21+,24-,25-/m0/s1. The van der Waals surface area contributed by atoms with E-state index in [1.54, 1.807) is 11.6 Å². The second-order valence-electron chi connectivity index (χ2n) is 11.2. The highest BCUT2D eigenvalue weighted by molar-refractivity contribution is 5.77. The van der Waals surface area contributed by atoms with Crippen molar-refractivity contribution < 1.29 is 14.3 Å². The first-order valence-corrected chi connectivity index (χ1v) is 11.9. The molecule has 5 nitrogen and oxygen atoms in total. The SMILES string of the molecule is CC(=O)O[C@@H]1CC[C@@]2(C)[C@@H](CC[C@@H]3[C@H]2CC[C@]2(C)c4c(C)nn(C(C)=O)c4C[C@H]32)C1. The van der Waals surface area contributed by atoms with E-state index in [9.17, 15) is 9.59 Å². The van der Waals surface area contributed by atoms with Crippen molar-refractivity contribution in [3.63, 3.8) is 0 Å². The molecule has 0 amide bonds. The van der Waals surface area contributed by atoms with Crippen LogP contribution in [0.25, 0.3) is 0 Å². The summed E-state index contributed by atoms with van der Waals surface area (Å²) < 4.78 is 7.30. The zero-order chi connectivity index (χ0) is 21.4. The predicted molar refractivity (Wildman–Crippen MR) is 114 cm³/mol. The number of rotatable bonds is 1. The van der Waals surface area contributed by atoms with Gasteiger partial charge >= 0.3 is 5.97 Å². The van der Waals surface area contributed by atoms with Crippen molar-refractivity contribution in [3.8, 4) is 0 Å². The van der Waals surface area contributed by atoms with E-state index in [-0.39, 0.29) is 23.4 Å². The predicted octanol–water partition coefficient (Wildman–Crippen LogP) is 4.84. The molecular weight excluding hydrogens is 376 g/mol. The fraction of sp³-hybridized carbons (Fsp3) is 0.800. The van der Waals surface area contributed by atoms with Crippen LogP contribution in [0.5, 0.6) is 0 Å². The Morgan fingerprint density at radius 2 is 1.83 bits per heavy atom. The number of ether oxygens (including phenoxy) is 1. The van der Waals surface area contributed by atoms with Gasteiger partial charge in [0.2, 0.25) is 5.91 Å². The summed E-state index contributed by atoms with van der Waals surface area (Å²) in [5.41, 5.74) is 4.15. The minimum atomic E-state index is -0.135. The molecule has 5 heteroatoms. The summed E-state index contributed by atoms with van der Waals surface area (Å²) in [5.74, 6) is 2.66. The maximum absolute atomic E-state index is 12.2. The van der Waals surface area contributed by atoms with Crippen LogP contribution < -0.4 is 0 Å². The summed E-state index contributed by atoms with van der Waals surface area (Å²) in [6, 6.07) is 0. The quantitative estimate of drug-likeness (QED) is 0.619. The van der Waals surface area contributed by atoms with Crippen molar-refractivity contribution in [1.29, 1.82) is 0 Å². The smallest absolute Gasteiger partial charge is 0.302 e. The number of aryl methyl sites for hydroxylation is 1. The van der Waals surface area contributed by atoms with E-state index in [0.29, 0.717) is 17.3 Å². The molecule has 4 aliphatic rings. The molecule has 164 valence electrons. The molecule has 0 saturated heterocycles. The number of hydrogen-bond acceptors (Lipinski definition) is 4. The third-order valence-electron chi connectivity index (χ3n) is 9.78. The highest BCUT2D eigenvalue weighted by Gasteiger charge is 2.60. The molecule has 0 spiro atoms. The van der Waals surface area contributed by atoms with Gasteiger partial charge < -0.3 is 4.74 Å². The maximum Gasteiger partial charge on any atom is 0.302 e. The summed E-state index contributed by atoms with van der Waals surface area (Å²) >= 11 is 0. The summed E-state index contributed by atoms with van der Waals surface area (Å²) in [6.45, 7) is 10.2. The molecule has 3 saturated carbocycles. The van der Waals surface area contributed by atoms with Crippen LogP contribution in [0.3, 0.4) is 0 Å². The lowest BCUT2D eigenvalue weighted by atomic mass is 9.45. The molecule has 0 radical (unpaired) electrons. The Balaban J connectivity index is 1.43. The molecular formula is C25H36N2O3. The number of aromatic nitrogens is 2. The van der Waals surface area contributed by atoms with Crippen LogP contribution in [0.2, 0.25) is 0 Å². The van der Waals surface area contributed by atoms with Gasteiger partial charge in [0.1, 0.15) is 6.10 Å². The van der Waals surface area contributed by atoms with E-state index < -0.39 is 0 Å². The zero-order valence-corrected chi connectivity index (χ0v) is 19.2. The van der Waals surface area contributed by atoms with Crippen molar-refractivity contribution in [2.24, 2.45) is 29.1 Å². The maximum atomic E-state index is 12.2. The van der Waals surface area contributed by atoms with E-state index in [2.05, 4.69) is 25.9 Å². The van der Waals surface area contributed by atoms with E-state index in [0.717, 1.165) is 36.8 Å². The van der Waals surface area contributed by atoms with Gasteiger partial charge in [-0.2, -0.15) is 5.10 Å². The highest BCUT2D eigenvalue weighted by Crippen LogP contribution is 2.66. The van der Waals surface area contributed by atoms with E-state index in [4.69, 9.17) is 4.74 Å². The highest BCUT2D eigenvalue weighted by atomic mass is 16.5. The lowest BCUT2D eigenvalue weighted by Gasteiger charge is -2.60. The lowest BCUT2D eigenvalue weighted by Crippen LogP contribution is -2.54. The molecule has 0 bridgehead atoms. The number of carbonyl (C=O) groups is 2. The van der Waals surface area contributed by atoms with Crippen molar-refractivity contribution in [1.82, 2.24) is 9.78 Å². The van der Waals surface area contributed by atoms with Crippen molar-refractivity contribution in [3.05, 3.63) is 17.0 Å². The molecule has 0 aliphatic heterocycles. The Kier molecular flexibility index (Phi) is 4.51. The van der Waals surface area contributed by atoms with Gasteiger partial charge in [-0.3, -0.25) is 9.59 Å². The van der Waals surface area contributed by atoms with E-state index >= 15 is 0 Å². The van der Waals surface area contributed by atoms with Crippen LogP contribution in [0, 0.1) is 36.0 Å². The Labute approximate surface area is 179 Å². The van der Waals surface area contributed by atoms with Crippen LogP contribution in [0.1, 0.15) is 94.4 Å². The Morgan fingerprint density at radius 3 is 2.53 bits per heavy atom. The van der Waals surface area contributed by atoms with Crippen molar-refractivity contribution in [2.45, 2.75) is 97.5 Å². The first kappa shape index (κ1) is 20.3. The topological polar surface area (TPSA) is 61.2 Å². The van der Waals surface area contributed by atoms with Gasteiger partial charge in [-0.1, -0.05) is 13.8 Å². The van der Waals surface area contributed by atoms with E-state index in [1.165, 1.54) is 50.3 Å². The van der Waals surface area contributed by atoms with Gasteiger partial charge in [-0.05, 0) is 92.8 Å². The van der Waals surface area contributed by atoms with Gasteiger partial charge in [0.05, 0.1) is 11.4 Å². The van der Waals surface area contributed by atoms with Crippen LogP contribution in [0.4, 0.5) is 0 Å². The van der Waals surface area contributed by atoms with Crippen LogP contribution in [-0.2, 0) is 21.4 Å². The molecule has 7 atom stereocenters. The summed E-state index contributed by atoms with van der Waals surface area (Å²) in [5, 5.41) is 4.61. The second kappa shape index (κ2) is 6.67. The van der Waals surface area contributed by atoms with Gasteiger partial charge in [0, 0.05) is 19.4 Å². The van der Waals surface area contributed by atoms with Crippen LogP contribution >= 0.6 is 0 Å². The Bertz CT molecular complexity index is 904. The first-order valence-electron chi connectivity index (χ1n) is 11.9. The lowest BCUT2D eigenvalue weighted by molar-refractivity contribution is -0.157. The zero-order valence-electron chi connectivity index (χ0n) is 19.2. The van der Waals surface area contributed by atoms with Crippen molar-refractivity contribution >= 4 is 11.9 Å². The fourth-order valence-corrected chi connectivity index (χ4v) is 8.54. The fourth-order valence-electron chi connectivity index (χ4n) is 8.54. The number of carbonyl (C=O) groups excluding carboxylic acids is 2. The molecule has 0 N–H and O–H groups in total. The molecule has 4 aliphatic carbocycles. The summed E-state index contributed by atoms with van der Waals surface area (Å²) in [6.07, 6.45) is 9.34. The Hall–Kier alpha value is -1.65. The molecule has 3 fully saturated rings. The average molecular weight is 413 g/mol. The molecule has 0 aromatic carbocycles. The van der Waals surface area contributed by atoms with Crippen molar-refractivity contribution in [2.75, 3.05) is 0 Å². The second-order valence-corrected chi connectivity index (χ2v) is 11.2. The number of nitrogens with zero attached hydrogens (tertiary/aromatic N) is 2. The first-order chi connectivity index (χ1) is 14.1. The monoisotopic (exact) mass is 412 g/mol. The normalized spacial score (nSPS) is 42.0.